The van der Waals surface area contributed by atoms with Gasteiger partial charge in [0.25, 0.3) is 0 Å². The zero-order chi connectivity index (χ0) is 42.0. The van der Waals surface area contributed by atoms with Gasteiger partial charge in [-0.15, -0.1) is 0 Å². The van der Waals surface area contributed by atoms with Crippen molar-refractivity contribution < 1.29 is 0 Å². The van der Waals surface area contributed by atoms with E-state index in [0.717, 1.165) is 72.8 Å². The van der Waals surface area contributed by atoms with E-state index in [1.54, 1.807) is 0 Å². The smallest absolute Gasteiger partial charge is 0.0462 e. The molecule has 0 N–H and O–H groups in total. The highest BCUT2D eigenvalue weighted by atomic mass is 15.1. The maximum absolute atomic E-state index is 3.61. The van der Waals surface area contributed by atoms with Crippen LogP contribution >= 0.6 is 0 Å². The molecule has 62 heavy (non-hydrogen) atoms. The third kappa shape index (κ3) is 7.24. The van der Waals surface area contributed by atoms with Crippen molar-refractivity contribution in [2.75, 3.05) is 28.8 Å². The first kappa shape index (κ1) is 38.0. The Morgan fingerprint density at radius 1 is 0.323 bits per heavy atom. The molecule has 294 valence electrons. The number of rotatable bonds is 7. The highest BCUT2D eigenvalue weighted by Gasteiger charge is 2.18. The van der Waals surface area contributed by atoms with Crippen LogP contribution in [0.3, 0.4) is 0 Å². The summed E-state index contributed by atoms with van der Waals surface area (Å²) >= 11 is 0. The summed E-state index contributed by atoms with van der Waals surface area (Å²) in [6, 6.07) is 72.5. The summed E-state index contributed by atoms with van der Waals surface area (Å²) in [5.74, 6) is 14.2. The van der Waals surface area contributed by atoms with Crippen molar-refractivity contribution in [2.24, 2.45) is 0 Å². The lowest BCUT2D eigenvalue weighted by molar-refractivity contribution is 1.14. The lowest BCUT2D eigenvalue weighted by Crippen LogP contribution is -2.10. The molecule has 0 aliphatic heterocycles. The highest BCUT2D eigenvalue weighted by Crippen LogP contribution is 2.43. The number of benzene rings is 10. The summed E-state index contributed by atoms with van der Waals surface area (Å²) in [6.07, 6.45) is 0. The van der Waals surface area contributed by atoms with Crippen molar-refractivity contribution in [1.82, 2.24) is 0 Å². The molecule has 0 saturated heterocycles. The van der Waals surface area contributed by atoms with Gasteiger partial charge in [-0.3, -0.25) is 0 Å². The van der Waals surface area contributed by atoms with Crippen molar-refractivity contribution in [1.29, 1.82) is 0 Å². The second-order valence-electron chi connectivity index (χ2n) is 15.8. The monoisotopic (exact) mass is 793 g/mol. The predicted octanol–water partition coefficient (Wildman–Crippen LogP) is 14.7. The Labute approximate surface area is 364 Å². The molecule has 10 rings (SSSR count). The van der Waals surface area contributed by atoms with Gasteiger partial charge in [0.2, 0.25) is 0 Å². The van der Waals surface area contributed by atoms with E-state index >= 15 is 0 Å². The zero-order valence-electron chi connectivity index (χ0n) is 35.0. The first-order valence-electron chi connectivity index (χ1n) is 21.0. The molecule has 0 unspecified atom stereocenters. The third-order valence-electron chi connectivity index (χ3n) is 11.6. The molecule has 3 nitrogen and oxygen atoms in total. The van der Waals surface area contributed by atoms with E-state index in [2.05, 4.69) is 241 Å². The van der Waals surface area contributed by atoms with E-state index in [0.29, 0.717) is 0 Å². The Balaban J connectivity index is 1.02. The van der Waals surface area contributed by atoms with Gasteiger partial charge in [-0.05, 0) is 143 Å². The van der Waals surface area contributed by atoms with Gasteiger partial charge < -0.3 is 14.7 Å². The van der Waals surface area contributed by atoms with Crippen molar-refractivity contribution in [2.45, 2.75) is 6.92 Å². The maximum Gasteiger partial charge on any atom is 0.0462 e. The Kier molecular flexibility index (Phi) is 10.1. The summed E-state index contributed by atoms with van der Waals surface area (Å²) in [5.41, 5.74) is 12.9. The van der Waals surface area contributed by atoms with Crippen LogP contribution in [0.25, 0.3) is 32.3 Å². The molecule has 0 aromatic heterocycles. The zero-order valence-corrected chi connectivity index (χ0v) is 35.0. The van der Waals surface area contributed by atoms with Gasteiger partial charge >= 0.3 is 0 Å². The van der Waals surface area contributed by atoms with Crippen LogP contribution in [-0.2, 0) is 0 Å². The Morgan fingerprint density at radius 2 is 0.661 bits per heavy atom. The van der Waals surface area contributed by atoms with Gasteiger partial charge in [-0.1, -0.05) is 121 Å². The molecule has 3 heteroatoms. The molecule has 0 aliphatic rings. The van der Waals surface area contributed by atoms with Crippen LogP contribution in [0.15, 0.2) is 206 Å². The van der Waals surface area contributed by atoms with Crippen molar-refractivity contribution in [3.63, 3.8) is 0 Å². The van der Waals surface area contributed by atoms with Gasteiger partial charge in [0, 0.05) is 86.9 Å². The summed E-state index contributed by atoms with van der Waals surface area (Å²) in [7, 11) is 4.22. The first-order chi connectivity index (χ1) is 30.5. The fourth-order valence-corrected chi connectivity index (χ4v) is 8.60. The number of hydrogen-bond donors (Lipinski definition) is 0. The van der Waals surface area contributed by atoms with Crippen LogP contribution in [0.1, 0.15) is 27.8 Å². The Morgan fingerprint density at radius 3 is 1.06 bits per heavy atom. The molecule has 0 amide bonds. The maximum atomic E-state index is 3.61. The molecule has 0 saturated carbocycles. The van der Waals surface area contributed by atoms with E-state index in [4.69, 9.17) is 0 Å². The third-order valence-corrected chi connectivity index (χ3v) is 11.6. The lowest BCUT2D eigenvalue weighted by atomic mass is 9.87. The van der Waals surface area contributed by atoms with Crippen molar-refractivity contribution >= 4 is 72.1 Å². The molecule has 0 fully saturated rings. The van der Waals surface area contributed by atoms with Crippen LogP contribution < -0.4 is 14.7 Å². The molecular formula is C59H43N3. The molecule has 0 radical (unpaired) electrons. The molecule has 0 aliphatic carbocycles. The molecule has 0 heterocycles. The fourth-order valence-electron chi connectivity index (χ4n) is 8.60. The topological polar surface area (TPSA) is 9.72 Å². The molecule has 10 aromatic rings. The number of anilines is 7. The van der Waals surface area contributed by atoms with Crippen molar-refractivity contribution in [3.8, 4) is 23.7 Å². The van der Waals surface area contributed by atoms with E-state index in [9.17, 15) is 0 Å². The molecule has 0 bridgehead atoms. The highest BCUT2D eigenvalue weighted by molar-refractivity contribution is 6.27. The van der Waals surface area contributed by atoms with Gasteiger partial charge in [-0.25, -0.2) is 0 Å². The van der Waals surface area contributed by atoms with Crippen LogP contribution in [-0.4, -0.2) is 14.1 Å². The molecule has 0 spiro atoms. The fraction of sp³-hybridized carbons (Fsp3) is 0.0508. The first-order valence-corrected chi connectivity index (χ1v) is 21.0. The van der Waals surface area contributed by atoms with E-state index < -0.39 is 0 Å². The van der Waals surface area contributed by atoms with Crippen LogP contribution in [0.5, 0.6) is 0 Å². The second-order valence-corrected chi connectivity index (χ2v) is 15.8. The van der Waals surface area contributed by atoms with Gasteiger partial charge in [0.1, 0.15) is 0 Å². The number of hydrogen-bond acceptors (Lipinski definition) is 3. The summed E-state index contributed by atoms with van der Waals surface area (Å²) in [4.78, 5) is 6.73. The standard InChI is InChI=1S/C59H43N3/c1-42-40-45(30-24-43-26-32-51(33-27-43)61(47-16-8-4-9-17-47)48-18-10-5-11-19-48)54-38-39-56-57(60(2)3)41-46(55-37-36-53(42)58(54)59(55)56)31-25-44-28-34-52(35-29-44)62(49-20-12-6-13-21-49)50-22-14-7-15-23-50/h4-23,26-29,32-41H,1-3H3. The number of para-hydroxylation sites is 4. The minimum Gasteiger partial charge on any atom is -0.377 e. The normalized spacial score (nSPS) is 10.9. The largest absolute Gasteiger partial charge is 0.377 e. The lowest BCUT2D eigenvalue weighted by Gasteiger charge is -2.25. The Hall–Kier alpha value is -8.24. The number of nitrogens with zero attached hydrogens (tertiary/aromatic N) is 3. The Bertz CT molecular complexity index is 3220. The van der Waals surface area contributed by atoms with Crippen LogP contribution in [0, 0.1) is 30.6 Å². The molecule has 10 aromatic carbocycles. The minimum absolute atomic E-state index is 0.959. The summed E-state index contributed by atoms with van der Waals surface area (Å²) in [6.45, 7) is 2.20. The second kappa shape index (κ2) is 16.4. The summed E-state index contributed by atoms with van der Waals surface area (Å²) < 4.78 is 0. The van der Waals surface area contributed by atoms with Crippen molar-refractivity contribution in [3.05, 3.63) is 234 Å². The predicted molar refractivity (Wildman–Crippen MR) is 263 cm³/mol. The average Bonchev–Trinajstić information content (AvgIpc) is 3.32. The van der Waals surface area contributed by atoms with Gasteiger partial charge in [-0.2, -0.15) is 0 Å². The molecular weight excluding hydrogens is 751 g/mol. The average molecular weight is 794 g/mol. The number of aryl methyl sites for hydroxylation is 1. The van der Waals surface area contributed by atoms with Crippen LogP contribution in [0.2, 0.25) is 0 Å². The van der Waals surface area contributed by atoms with Gasteiger partial charge in [0.15, 0.2) is 0 Å². The van der Waals surface area contributed by atoms with E-state index in [1.165, 1.54) is 27.1 Å². The SMILES string of the molecule is Cc1cc(C#Cc2ccc(N(c3ccccc3)c3ccccc3)cc2)c2ccc3c(N(C)C)cc(C#Cc4ccc(N(c5ccccc5)c5ccccc5)cc4)c4ccc1c2c43. The van der Waals surface area contributed by atoms with Crippen LogP contribution in [0.4, 0.5) is 39.8 Å². The molecule has 0 atom stereocenters. The quantitative estimate of drug-likeness (QED) is 0.118. The minimum atomic E-state index is 0.959. The summed E-state index contributed by atoms with van der Waals surface area (Å²) in [5, 5.41) is 7.21. The van der Waals surface area contributed by atoms with E-state index in [1.807, 2.05) is 24.3 Å². The van der Waals surface area contributed by atoms with E-state index in [-0.39, 0.29) is 0 Å². The van der Waals surface area contributed by atoms with Gasteiger partial charge in [0.05, 0.1) is 0 Å².